The molecule has 0 aliphatic carbocycles. The number of hydrogen-bond acceptors (Lipinski definition) is 2. The van der Waals surface area contributed by atoms with Gasteiger partial charge in [0, 0.05) is 0 Å². The minimum Gasteiger partial charge on any atom is -0.479 e. The van der Waals surface area contributed by atoms with Crippen LogP contribution < -0.4 is 0 Å². The molecule has 2 N–H and O–H groups in total. The molecular weight excluding hydrogens is 333 g/mol. The minimum atomic E-state index is -5.22. The summed E-state index contributed by atoms with van der Waals surface area (Å²) < 4.78 is 37.6. The molecule has 3 nitrogen and oxygen atoms in total. The second kappa shape index (κ2) is 13.2. The van der Waals surface area contributed by atoms with Crippen molar-refractivity contribution in [1.29, 1.82) is 0 Å². The molecule has 0 heterocycles. The minimum absolute atomic E-state index is 0.336. The van der Waals surface area contributed by atoms with E-state index in [1.807, 2.05) is 0 Å². The molecule has 0 aromatic rings. The Hall–Kier alpha value is -1.04. The standard InChI is InChI=1S/C19H33F3O3/c1-2-3-4-5-6-7-8-9-10-11-12-13-14-15-16-18(25,17(23)24)19(20,21)22/h15-16,25H,2-14H2,1H3,(H,23,24)/b16-15+. The molecule has 6 heteroatoms. The van der Waals surface area contributed by atoms with Crippen molar-refractivity contribution < 1.29 is 28.2 Å². The Morgan fingerprint density at radius 3 is 1.60 bits per heavy atom. The van der Waals surface area contributed by atoms with Crippen LogP contribution in [-0.2, 0) is 4.79 Å². The summed E-state index contributed by atoms with van der Waals surface area (Å²) in [5.41, 5.74) is -3.79. The smallest absolute Gasteiger partial charge is 0.431 e. The molecule has 25 heavy (non-hydrogen) atoms. The normalized spacial score (nSPS) is 14.8. The first-order valence-electron chi connectivity index (χ1n) is 9.46. The molecule has 148 valence electrons. The molecule has 0 aliphatic rings. The largest absolute Gasteiger partial charge is 0.479 e. The van der Waals surface area contributed by atoms with E-state index in [1.165, 1.54) is 51.4 Å². The number of carboxylic acids is 1. The Bertz CT molecular complexity index is 381. The van der Waals surface area contributed by atoms with Gasteiger partial charge in [0.25, 0.3) is 5.60 Å². The van der Waals surface area contributed by atoms with Crippen molar-refractivity contribution in [3.05, 3.63) is 12.2 Å². The van der Waals surface area contributed by atoms with Crippen LogP contribution >= 0.6 is 0 Å². The van der Waals surface area contributed by atoms with Crippen molar-refractivity contribution in [1.82, 2.24) is 0 Å². The number of halogens is 3. The fraction of sp³-hybridized carbons (Fsp3) is 0.842. The van der Waals surface area contributed by atoms with Gasteiger partial charge < -0.3 is 10.2 Å². The maximum Gasteiger partial charge on any atom is 0.431 e. The Labute approximate surface area is 149 Å². The second-order valence-corrected chi connectivity index (χ2v) is 6.65. The fourth-order valence-electron chi connectivity index (χ4n) is 2.64. The summed E-state index contributed by atoms with van der Waals surface area (Å²) in [6, 6.07) is 0. The van der Waals surface area contributed by atoms with Crippen LogP contribution in [0.5, 0.6) is 0 Å². The summed E-state index contributed by atoms with van der Waals surface area (Å²) >= 11 is 0. The van der Waals surface area contributed by atoms with Crippen LogP contribution in [0.15, 0.2) is 12.2 Å². The predicted molar refractivity (Wildman–Crippen MR) is 93.5 cm³/mol. The lowest BCUT2D eigenvalue weighted by molar-refractivity contribution is -0.243. The van der Waals surface area contributed by atoms with E-state index in [9.17, 15) is 23.1 Å². The SMILES string of the molecule is CCCCCCCCCCCCCC/C=C/C(O)(C(=O)O)C(F)(F)F. The van der Waals surface area contributed by atoms with E-state index in [4.69, 9.17) is 5.11 Å². The summed E-state index contributed by atoms with van der Waals surface area (Å²) in [5.74, 6) is -2.30. The highest BCUT2D eigenvalue weighted by Crippen LogP contribution is 2.32. The third kappa shape index (κ3) is 10.5. The molecule has 0 amide bonds. The lowest BCUT2D eigenvalue weighted by atomic mass is 10.0. The van der Waals surface area contributed by atoms with Gasteiger partial charge >= 0.3 is 12.1 Å². The van der Waals surface area contributed by atoms with Crippen LogP contribution in [0.4, 0.5) is 13.2 Å². The highest BCUT2D eigenvalue weighted by molar-refractivity contribution is 5.80. The van der Waals surface area contributed by atoms with Gasteiger partial charge in [-0.1, -0.05) is 83.6 Å². The molecule has 0 spiro atoms. The number of alkyl halides is 3. The molecule has 0 radical (unpaired) electrons. The molecule has 1 atom stereocenters. The van der Waals surface area contributed by atoms with Crippen molar-refractivity contribution >= 4 is 5.97 Å². The monoisotopic (exact) mass is 366 g/mol. The van der Waals surface area contributed by atoms with Crippen molar-refractivity contribution in [3.8, 4) is 0 Å². The van der Waals surface area contributed by atoms with Crippen molar-refractivity contribution in [3.63, 3.8) is 0 Å². The van der Waals surface area contributed by atoms with E-state index in [1.54, 1.807) is 0 Å². The predicted octanol–water partition coefficient (Wildman–Crippen LogP) is 6.01. The zero-order valence-corrected chi connectivity index (χ0v) is 15.3. The van der Waals surface area contributed by atoms with E-state index in [2.05, 4.69) is 6.92 Å². The van der Waals surface area contributed by atoms with E-state index < -0.39 is 17.7 Å². The molecule has 0 fully saturated rings. The van der Waals surface area contributed by atoms with Gasteiger partial charge in [-0.15, -0.1) is 0 Å². The maximum absolute atomic E-state index is 12.5. The summed E-state index contributed by atoms with van der Waals surface area (Å²) in [6.07, 6.45) is 10.6. The number of unbranched alkanes of at least 4 members (excludes halogenated alkanes) is 12. The molecule has 0 saturated heterocycles. The van der Waals surface area contributed by atoms with Gasteiger partial charge in [0.1, 0.15) is 0 Å². The summed E-state index contributed by atoms with van der Waals surface area (Å²) in [4.78, 5) is 10.6. The van der Waals surface area contributed by atoms with Crippen LogP contribution in [0.25, 0.3) is 0 Å². The number of hydrogen-bond donors (Lipinski definition) is 2. The maximum atomic E-state index is 12.5. The number of aliphatic carboxylic acids is 1. The summed E-state index contributed by atoms with van der Waals surface area (Å²) in [6.45, 7) is 2.21. The third-order valence-corrected chi connectivity index (χ3v) is 4.34. The Morgan fingerprint density at radius 1 is 0.840 bits per heavy atom. The van der Waals surface area contributed by atoms with Crippen molar-refractivity contribution in [2.75, 3.05) is 0 Å². The van der Waals surface area contributed by atoms with Gasteiger partial charge in [0.05, 0.1) is 0 Å². The number of carbonyl (C=O) groups is 1. The van der Waals surface area contributed by atoms with Crippen molar-refractivity contribution in [2.24, 2.45) is 0 Å². The van der Waals surface area contributed by atoms with E-state index in [0.29, 0.717) is 18.9 Å². The van der Waals surface area contributed by atoms with Crippen LogP contribution in [0.2, 0.25) is 0 Å². The second-order valence-electron chi connectivity index (χ2n) is 6.65. The number of aliphatic hydroxyl groups is 1. The first kappa shape index (κ1) is 24.0. The van der Waals surface area contributed by atoms with Gasteiger partial charge in [0.2, 0.25) is 0 Å². The molecule has 0 bridgehead atoms. The first-order valence-corrected chi connectivity index (χ1v) is 9.46. The van der Waals surface area contributed by atoms with Crippen molar-refractivity contribution in [2.45, 2.75) is 102 Å². The summed E-state index contributed by atoms with van der Waals surface area (Å²) in [7, 11) is 0. The van der Waals surface area contributed by atoms with Crippen LogP contribution in [-0.4, -0.2) is 28.0 Å². The molecule has 0 aromatic carbocycles. The summed E-state index contributed by atoms with van der Waals surface area (Å²) in [5, 5.41) is 17.8. The highest BCUT2D eigenvalue weighted by atomic mass is 19.4. The van der Waals surface area contributed by atoms with Gasteiger partial charge in [-0.3, -0.25) is 0 Å². The molecular formula is C19H33F3O3. The fourth-order valence-corrected chi connectivity index (χ4v) is 2.64. The van der Waals surface area contributed by atoms with E-state index >= 15 is 0 Å². The number of rotatable bonds is 15. The van der Waals surface area contributed by atoms with Gasteiger partial charge in [-0.25, -0.2) is 4.79 Å². The first-order chi connectivity index (χ1) is 11.8. The third-order valence-electron chi connectivity index (χ3n) is 4.34. The van der Waals surface area contributed by atoms with Crippen LogP contribution in [0, 0.1) is 0 Å². The Morgan fingerprint density at radius 2 is 1.24 bits per heavy atom. The zero-order valence-electron chi connectivity index (χ0n) is 15.3. The van der Waals surface area contributed by atoms with E-state index in [-0.39, 0.29) is 0 Å². The van der Waals surface area contributed by atoms with E-state index in [0.717, 1.165) is 25.3 Å². The molecule has 0 rings (SSSR count). The number of allylic oxidation sites excluding steroid dienone is 1. The van der Waals surface area contributed by atoms with Gasteiger partial charge in [0.15, 0.2) is 0 Å². The zero-order chi connectivity index (χ0) is 19.2. The lowest BCUT2D eigenvalue weighted by Gasteiger charge is -2.22. The molecule has 0 aromatic heterocycles. The highest BCUT2D eigenvalue weighted by Gasteiger charge is 2.58. The van der Waals surface area contributed by atoms with Gasteiger partial charge in [-0.2, -0.15) is 13.2 Å². The number of carboxylic acid groups (broad SMARTS) is 1. The Kier molecular flexibility index (Phi) is 12.7. The average Bonchev–Trinajstić information content (AvgIpc) is 2.53. The Balaban J connectivity index is 3.65. The molecule has 0 saturated carbocycles. The van der Waals surface area contributed by atoms with Crippen LogP contribution in [0.3, 0.4) is 0 Å². The molecule has 0 aliphatic heterocycles. The lowest BCUT2D eigenvalue weighted by Crippen LogP contribution is -2.50. The molecule has 1 unspecified atom stereocenters. The van der Waals surface area contributed by atoms with Gasteiger partial charge in [-0.05, 0) is 18.9 Å². The quantitative estimate of drug-likeness (QED) is 0.275. The average molecular weight is 366 g/mol. The topological polar surface area (TPSA) is 57.5 Å². The van der Waals surface area contributed by atoms with Crippen LogP contribution in [0.1, 0.15) is 90.4 Å².